The van der Waals surface area contributed by atoms with Crippen molar-refractivity contribution in [2.24, 2.45) is 0 Å². The van der Waals surface area contributed by atoms with E-state index >= 15 is 0 Å². The standard InChI is InChI=1S/C9H8ClFN2.ClH/c1-12-7-3-2-6-8(9(7)11)5(10)4-13-6;/h2-4,12-13H,1H3;1H. The Labute approximate surface area is 91.9 Å². The fraction of sp³-hybridized carbons (Fsp3) is 0.111. The van der Waals surface area contributed by atoms with Crippen LogP contribution in [0, 0.1) is 5.82 Å². The number of halogens is 3. The van der Waals surface area contributed by atoms with Gasteiger partial charge in [0.1, 0.15) is 0 Å². The minimum Gasteiger partial charge on any atom is -0.386 e. The number of benzene rings is 1. The van der Waals surface area contributed by atoms with Crippen molar-refractivity contribution in [1.82, 2.24) is 4.98 Å². The van der Waals surface area contributed by atoms with E-state index in [4.69, 9.17) is 11.6 Å². The highest BCUT2D eigenvalue weighted by molar-refractivity contribution is 6.35. The first-order valence-electron chi connectivity index (χ1n) is 3.87. The lowest BCUT2D eigenvalue weighted by atomic mass is 10.2. The van der Waals surface area contributed by atoms with E-state index in [1.165, 1.54) is 0 Å². The van der Waals surface area contributed by atoms with Crippen molar-refractivity contribution >= 4 is 40.6 Å². The zero-order valence-corrected chi connectivity index (χ0v) is 8.97. The number of aromatic nitrogens is 1. The average Bonchev–Trinajstić information content (AvgIpc) is 2.49. The third kappa shape index (κ3) is 1.53. The summed E-state index contributed by atoms with van der Waals surface area (Å²) >= 11 is 5.81. The number of hydrogen-bond donors (Lipinski definition) is 2. The van der Waals surface area contributed by atoms with E-state index in [0.29, 0.717) is 21.6 Å². The summed E-state index contributed by atoms with van der Waals surface area (Å²) in [4.78, 5) is 2.88. The molecule has 1 heterocycles. The number of H-pyrrole nitrogens is 1. The first-order valence-corrected chi connectivity index (χ1v) is 4.24. The number of nitrogens with one attached hydrogen (secondary N) is 2. The van der Waals surface area contributed by atoms with Gasteiger partial charge in [-0.3, -0.25) is 0 Å². The maximum atomic E-state index is 13.6. The second-order valence-electron chi connectivity index (χ2n) is 2.74. The molecule has 0 amide bonds. The lowest BCUT2D eigenvalue weighted by molar-refractivity contribution is 0.643. The summed E-state index contributed by atoms with van der Waals surface area (Å²) < 4.78 is 13.6. The lowest BCUT2D eigenvalue weighted by Crippen LogP contribution is -1.92. The second kappa shape index (κ2) is 4.07. The quantitative estimate of drug-likeness (QED) is 0.778. The van der Waals surface area contributed by atoms with Crippen LogP contribution in [0.15, 0.2) is 18.3 Å². The van der Waals surface area contributed by atoms with Gasteiger partial charge < -0.3 is 10.3 Å². The van der Waals surface area contributed by atoms with Crippen molar-refractivity contribution in [2.75, 3.05) is 12.4 Å². The van der Waals surface area contributed by atoms with Gasteiger partial charge >= 0.3 is 0 Å². The molecule has 1 aromatic heterocycles. The Morgan fingerprint density at radius 1 is 1.43 bits per heavy atom. The molecular formula is C9H9Cl2FN2. The smallest absolute Gasteiger partial charge is 0.157 e. The number of fused-ring (bicyclic) bond motifs is 1. The van der Waals surface area contributed by atoms with Crippen molar-refractivity contribution in [3.8, 4) is 0 Å². The van der Waals surface area contributed by atoms with Gasteiger partial charge in [0.25, 0.3) is 0 Å². The normalized spacial score (nSPS) is 9.93. The molecule has 0 aliphatic heterocycles. The van der Waals surface area contributed by atoms with Crippen LogP contribution in [0.2, 0.25) is 5.02 Å². The zero-order valence-electron chi connectivity index (χ0n) is 7.40. The Hall–Kier alpha value is -0.930. The molecule has 0 unspecified atom stereocenters. The van der Waals surface area contributed by atoms with Crippen molar-refractivity contribution in [3.63, 3.8) is 0 Å². The number of anilines is 1. The second-order valence-corrected chi connectivity index (χ2v) is 3.14. The molecule has 0 atom stereocenters. The molecule has 0 saturated heterocycles. The maximum Gasteiger partial charge on any atom is 0.157 e. The Morgan fingerprint density at radius 2 is 2.14 bits per heavy atom. The highest BCUT2D eigenvalue weighted by atomic mass is 35.5. The van der Waals surface area contributed by atoms with E-state index in [1.807, 2.05) is 0 Å². The van der Waals surface area contributed by atoms with Crippen LogP contribution in [-0.4, -0.2) is 12.0 Å². The van der Waals surface area contributed by atoms with Crippen LogP contribution in [0.25, 0.3) is 10.9 Å². The summed E-state index contributed by atoms with van der Waals surface area (Å²) in [6, 6.07) is 3.46. The number of hydrogen-bond acceptors (Lipinski definition) is 1. The topological polar surface area (TPSA) is 27.8 Å². The van der Waals surface area contributed by atoms with Crippen LogP contribution < -0.4 is 5.32 Å². The van der Waals surface area contributed by atoms with Crippen LogP contribution in [-0.2, 0) is 0 Å². The minimum atomic E-state index is -0.314. The van der Waals surface area contributed by atoms with Crippen LogP contribution >= 0.6 is 24.0 Å². The largest absolute Gasteiger partial charge is 0.386 e. The van der Waals surface area contributed by atoms with Gasteiger partial charge in [0.15, 0.2) is 5.82 Å². The molecule has 1 aromatic carbocycles. The van der Waals surface area contributed by atoms with E-state index in [-0.39, 0.29) is 18.2 Å². The molecule has 0 aliphatic rings. The third-order valence-electron chi connectivity index (χ3n) is 2.00. The van der Waals surface area contributed by atoms with Gasteiger partial charge in [0.2, 0.25) is 0 Å². The van der Waals surface area contributed by atoms with Gasteiger partial charge in [-0.05, 0) is 12.1 Å². The number of aromatic amines is 1. The predicted molar refractivity (Wildman–Crippen MR) is 60.1 cm³/mol. The maximum absolute atomic E-state index is 13.6. The molecule has 2 nitrogen and oxygen atoms in total. The SMILES string of the molecule is CNc1ccc2[nH]cc(Cl)c2c1F.Cl. The van der Waals surface area contributed by atoms with Crippen molar-refractivity contribution in [3.05, 3.63) is 29.2 Å². The van der Waals surface area contributed by atoms with Crippen molar-refractivity contribution in [1.29, 1.82) is 0 Å². The van der Waals surface area contributed by atoms with Gasteiger partial charge in [-0.25, -0.2) is 4.39 Å². The van der Waals surface area contributed by atoms with Crippen molar-refractivity contribution < 1.29 is 4.39 Å². The third-order valence-corrected chi connectivity index (χ3v) is 2.30. The Morgan fingerprint density at radius 3 is 2.79 bits per heavy atom. The molecule has 0 saturated carbocycles. The van der Waals surface area contributed by atoms with Crippen LogP contribution in [0.3, 0.4) is 0 Å². The Bertz CT molecular complexity index is 453. The van der Waals surface area contributed by atoms with E-state index < -0.39 is 0 Å². The van der Waals surface area contributed by atoms with Crippen LogP contribution in [0.5, 0.6) is 0 Å². The van der Waals surface area contributed by atoms with Gasteiger partial charge in [-0.2, -0.15) is 0 Å². The van der Waals surface area contributed by atoms with E-state index in [0.717, 1.165) is 0 Å². The van der Waals surface area contributed by atoms with E-state index in [2.05, 4.69) is 10.3 Å². The summed E-state index contributed by atoms with van der Waals surface area (Å²) in [7, 11) is 1.67. The first kappa shape index (κ1) is 11.1. The predicted octanol–water partition coefficient (Wildman–Crippen LogP) is 3.42. The molecule has 0 bridgehead atoms. The molecule has 0 radical (unpaired) electrons. The van der Waals surface area contributed by atoms with E-state index in [1.54, 1.807) is 25.4 Å². The first-order chi connectivity index (χ1) is 6.24. The molecule has 5 heteroatoms. The summed E-state index contributed by atoms with van der Waals surface area (Å²) in [6.45, 7) is 0. The minimum absolute atomic E-state index is 0. The highest BCUT2D eigenvalue weighted by Gasteiger charge is 2.10. The Kier molecular flexibility index (Phi) is 3.24. The van der Waals surface area contributed by atoms with Crippen molar-refractivity contribution in [2.45, 2.75) is 0 Å². The monoisotopic (exact) mass is 234 g/mol. The lowest BCUT2D eigenvalue weighted by Gasteiger charge is -2.02. The average molecular weight is 235 g/mol. The fourth-order valence-corrected chi connectivity index (χ4v) is 1.58. The fourth-order valence-electron chi connectivity index (χ4n) is 1.34. The molecule has 0 aliphatic carbocycles. The van der Waals surface area contributed by atoms with Crippen LogP contribution in [0.1, 0.15) is 0 Å². The molecule has 76 valence electrons. The number of rotatable bonds is 1. The summed E-state index contributed by atoms with van der Waals surface area (Å²) in [6.07, 6.45) is 1.58. The molecule has 2 aromatic rings. The summed E-state index contributed by atoms with van der Waals surface area (Å²) in [5.74, 6) is -0.314. The van der Waals surface area contributed by atoms with Gasteiger partial charge in [-0.1, -0.05) is 11.6 Å². The van der Waals surface area contributed by atoms with Gasteiger partial charge in [0.05, 0.1) is 21.6 Å². The molecule has 2 rings (SSSR count). The molecule has 2 N–H and O–H groups in total. The highest BCUT2D eigenvalue weighted by Crippen LogP contribution is 2.29. The molecular weight excluding hydrogens is 226 g/mol. The van der Waals surface area contributed by atoms with Crippen LogP contribution in [0.4, 0.5) is 10.1 Å². The molecule has 14 heavy (non-hydrogen) atoms. The summed E-state index contributed by atoms with van der Waals surface area (Å²) in [5.41, 5.74) is 1.16. The molecule has 0 fully saturated rings. The van der Waals surface area contributed by atoms with Gasteiger partial charge in [0, 0.05) is 13.2 Å². The summed E-state index contributed by atoms with van der Waals surface area (Å²) in [5, 5.41) is 3.60. The van der Waals surface area contributed by atoms with Gasteiger partial charge in [-0.15, -0.1) is 12.4 Å². The molecule has 0 spiro atoms. The Balaban J connectivity index is 0.000000980. The van der Waals surface area contributed by atoms with E-state index in [9.17, 15) is 4.39 Å². The zero-order chi connectivity index (χ0) is 9.42.